The number of hydrogen-bond donors (Lipinski definition) is 2. The Morgan fingerprint density at radius 1 is 0.522 bits per heavy atom. The number of phenols is 2. The van der Waals surface area contributed by atoms with Crippen molar-refractivity contribution in [2.24, 2.45) is 15.9 Å². The number of phenolic OH excluding ortho intramolecular Hbond substituents is 2. The van der Waals surface area contributed by atoms with Crippen molar-refractivity contribution >= 4 is 28.9 Å². The van der Waals surface area contributed by atoms with Crippen LogP contribution in [0.4, 0.5) is 5.69 Å². The standard InChI is InChI=1S/C37H38N2.C22H35NO.C21H33NO.4CH3.Hf.Zr/c1-24(2)28-16-9-10-18-33(28)37(39-36-29(25(3)4)19-12-20-30(36)26(5)6)35-23-13-22-34(38-35)32-21-11-15-27-14-7-8-17-31(27)32;1-15-10-8-9-11-19(15)23-14-16-12-17(21(2,3)4)13-18(20(16)24)22(5,6)7;1-20(2,3)16-12-15(14-22-17-10-8-7-9-11-17)19(23)18(13-16)21(4,5)6;;;;;;/h7-20,22-26,37H,1-6H3;12-15,19,24H,8-11H2,1-7H3;12-14,17,23H,7-11H2,1-6H3;4*1H3;;/q-2;;;4*-1;+4;+2. The van der Waals surface area contributed by atoms with Gasteiger partial charge < -0.3 is 50.2 Å². The maximum absolute atomic E-state index is 10.8. The molecule has 0 aliphatic heterocycles. The predicted molar refractivity (Wildman–Crippen MR) is 396 cm³/mol. The summed E-state index contributed by atoms with van der Waals surface area (Å²) in [7, 11) is 0. The summed E-state index contributed by atoms with van der Waals surface area (Å²) in [5.74, 6) is 2.54. The van der Waals surface area contributed by atoms with Gasteiger partial charge in [0.2, 0.25) is 0 Å². The molecule has 2 N–H and O–H groups in total. The minimum Gasteiger partial charge on any atom is -0.673 e. The second kappa shape index (κ2) is 36.9. The number of benzene rings is 6. The number of fused-ring (bicyclic) bond motifs is 1. The molecule has 9 rings (SSSR count). The van der Waals surface area contributed by atoms with E-state index in [2.05, 4.69) is 253 Å². The van der Waals surface area contributed by atoms with Crippen LogP contribution in [0.15, 0.2) is 131 Å². The van der Waals surface area contributed by atoms with Gasteiger partial charge in [0.1, 0.15) is 11.5 Å². The van der Waals surface area contributed by atoms with Crippen molar-refractivity contribution < 1.29 is 62.3 Å². The third-order valence-electron chi connectivity index (χ3n) is 17.6. The molecule has 7 aromatic rings. The molecule has 3 atom stereocenters. The van der Waals surface area contributed by atoms with E-state index >= 15 is 0 Å². The summed E-state index contributed by atoms with van der Waals surface area (Å²) in [6, 6.07) is 46.9. The second-order valence-corrected chi connectivity index (χ2v) is 29.9. The first-order valence-electron chi connectivity index (χ1n) is 32.6. The Bertz CT molecular complexity index is 3400. The molecule has 8 heteroatoms. The molecule has 92 heavy (non-hydrogen) atoms. The molecule has 6 nitrogen and oxygen atoms in total. The van der Waals surface area contributed by atoms with Gasteiger partial charge in [-0.1, -0.05) is 277 Å². The molecule has 2 aliphatic rings. The van der Waals surface area contributed by atoms with Gasteiger partial charge in [-0.05, 0) is 118 Å². The van der Waals surface area contributed by atoms with Gasteiger partial charge in [0.25, 0.3) is 0 Å². The molecule has 6 aromatic carbocycles. The Morgan fingerprint density at radius 2 is 0.978 bits per heavy atom. The van der Waals surface area contributed by atoms with E-state index in [4.69, 9.17) is 20.3 Å². The molecule has 2 fully saturated rings. The third-order valence-corrected chi connectivity index (χ3v) is 17.6. The average Bonchev–Trinajstić information content (AvgIpc) is 0.947. The zero-order valence-corrected chi connectivity index (χ0v) is 67.3. The summed E-state index contributed by atoms with van der Waals surface area (Å²) >= 11 is 0. The molecule has 0 amide bonds. The fourth-order valence-electron chi connectivity index (χ4n) is 12.1. The van der Waals surface area contributed by atoms with Crippen LogP contribution in [0.5, 0.6) is 11.5 Å². The van der Waals surface area contributed by atoms with Crippen LogP contribution in [-0.2, 0) is 73.7 Å². The quantitative estimate of drug-likeness (QED) is 0.0725. The molecule has 1 heterocycles. The molecule has 2 aliphatic carbocycles. The average molecular weight is 1490 g/mol. The largest absolute Gasteiger partial charge is 4.00 e. The minimum absolute atomic E-state index is 0. The van der Waals surface area contributed by atoms with Gasteiger partial charge in [0, 0.05) is 46.4 Å². The van der Waals surface area contributed by atoms with Crippen molar-refractivity contribution in [3.8, 4) is 22.8 Å². The number of rotatable bonds is 12. The number of aromatic nitrogens is 1. The first-order valence-corrected chi connectivity index (χ1v) is 32.6. The van der Waals surface area contributed by atoms with Gasteiger partial charge in [0.15, 0.2) is 0 Å². The monoisotopic (exact) mass is 1480 g/mol. The molecular weight excluding hydrogens is 1370 g/mol. The summed E-state index contributed by atoms with van der Waals surface area (Å²) in [6.45, 7) is 42.0. The number of nitrogens with zero attached hydrogens (tertiary/aromatic N) is 4. The maximum Gasteiger partial charge on any atom is 4.00 e. The summed E-state index contributed by atoms with van der Waals surface area (Å²) in [4.78, 5) is 14.9. The van der Waals surface area contributed by atoms with Crippen molar-refractivity contribution in [3.05, 3.63) is 224 Å². The smallest absolute Gasteiger partial charge is 0.673 e. The molecule has 1 aromatic heterocycles. The zero-order chi connectivity index (χ0) is 62.9. The van der Waals surface area contributed by atoms with Gasteiger partial charge in [-0.2, -0.15) is 0 Å². The minimum atomic E-state index is -0.226. The summed E-state index contributed by atoms with van der Waals surface area (Å²) in [5, 5.41) is 29.5. The Kier molecular flexibility index (Phi) is 34.2. The van der Waals surface area contributed by atoms with Crippen molar-refractivity contribution in [1.29, 1.82) is 0 Å². The van der Waals surface area contributed by atoms with E-state index in [0.29, 0.717) is 47.3 Å². The van der Waals surface area contributed by atoms with Gasteiger partial charge in [-0.3, -0.25) is 9.98 Å². The SMILES string of the molecule is CC(C)(C)c1cc(C=NC2CCCCC2)c(O)c(C(C)(C)C)c1.CC(C)c1ccccc1C([N-]c1c(C(C)C)cccc1C(C)C)c1cccc(-c2[c-]ccc3ccccc23)n1.CC1CCCCC1N=Cc1cc(C(C)(C)C)cc(C(C)(C)C)c1O.[CH3-].[CH3-].[CH3-].[CH3-].[Hf+4].[Zr+2]. The van der Waals surface area contributed by atoms with E-state index in [0.717, 1.165) is 50.3 Å². The molecule has 0 spiro atoms. The fourth-order valence-corrected chi connectivity index (χ4v) is 12.1. The molecule has 3 unspecified atom stereocenters. The number of aromatic hydroxyl groups is 2. The number of hydrogen-bond acceptors (Lipinski definition) is 5. The van der Waals surface area contributed by atoms with Crippen LogP contribution in [0, 0.1) is 41.7 Å². The summed E-state index contributed by atoms with van der Waals surface area (Å²) in [6.07, 6.45) is 15.1. The Hall–Kier alpha value is -4.78. The predicted octanol–water partition coefficient (Wildman–Crippen LogP) is 24.4. The van der Waals surface area contributed by atoms with Crippen LogP contribution in [-0.4, -0.2) is 39.7 Å². The van der Waals surface area contributed by atoms with E-state index in [1.54, 1.807) is 0 Å². The second-order valence-electron chi connectivity index (χ2n) is 29.9. The van der Waals surface area contributed by atoms with Crippen LogP contribution in [0.3, 0.4) is 0 Å². The number of aliphatic imine (C=N–C) groups is 2. The van der Waals surface area contributed by atoms with E-state index < -0.39 is 0 Å². The Balaban J connectivity index is 0.000000702. The van der Waals surface area contributed by atoms with Gasteiger partial charge in [-0.15, -0.1) is 34.8 Å². The van der Waals surface area contributed by atoms with Crippen LogP contribution >= 0.6 is 0 Å². The Labute approximate surface area is 600 Å². The van der Waals surface area contributed by atoms with Gasteiger partial charge in [0.05, 0.1) is 6.04 Å². The fraction of sp³-hybridized carbons (Fsp3) is 0.464. The van der Waals surface area contributed by atoms with Crippen molar-refractivity contribution in [2.45, 2.75) is 247 Å². The van der Waals surface area contributed by atoms with Crippen LogP contribution in [0.25, 0.3) is 27.3 Å². The van der Waals surface area contributed by atoms with E-state index in [-0.39, 0.29) is 109 Å². The summed E-state index contributed by atoms with van der Waals surface area (Å²) < 4.78 is 0. The molecular formula is C84H118HfN4O2Zr. The normalized spacial score (nSPS) is 15.7. The van der Waals surface area contributed by atoms with Crippen molar-refractivity contribution in [1.82, 2.24) is 4.98 Å². The van der Waals surface area contributed by atoms with Crippen LogP contribution in [0.2, 0.25) is 0 Å². The first kappa shape index (κ1) is 85.2. The van der Waals surface area contributed by atoms with Crippen LogP contribution in [0.1, 0.15) is 274 Å². The van der Waals surface area contributed by atoms with E-state index in [1.807, 2.05) is 18.5 Å². The third kappa shape index (κ3) is 22.4. The summed E-state index contributed by atoms with van der Waals surface area (Å²) in [5.41, 5.74) is 15.3. The van der Waals surface area contributed by atoms with Crippen molar-refractivity contribution in [2.75, 3.05) is 0 Å². The molecule has 0 radical (unpaired) electrons. The van der Waals surface area contributed by atoms with E-state index in [9.17, 15) is 10.2 Å². The van der Waals surface area contributed by atoms with Gasteiger partial charge in [-0.25, -0.2) is 0 Å². The first-order chi connectivity index (χ1) is 40.4. The van der Waals surface area contributed by atoms with E-state index in [1.165, 1.54) is 96.6 Å². The Morgan fingerprint density at radius 3 is 1.48 bits per heavy atom. The molecule has 0 saturated heterocycles. The molecule has 2 saturated carbocycles. The topological polar surface area (TPSA) is 92.2 Å². The number of para-hydroxylation sites is 1. The maximum atomic E-state index is 10.8. The molecule has 494 valence electrons. The number of pyridine rings is 1. The molecule has 0 bridgehead atoms. The van der Waals surface area contributed by atoms with Gasteiger partial charge >= 0.3 is 52.0 Å². The van der Waals surface area contributed by atoms with Crippen molar-refractivity contribution in [3.63, 3.8) is 0 Å². The van der Waals surface area contributed by atoms with Crippen LogP contribution < -0.4 is 0 Å². The zero-order valence-electron chi connectivity index (χ0n) is 61.3.